The highest BCUT2D eigenvalue weighted by Crippen LogP contribution is 2.11. The van der Waals surface area contributed by atoms with Crippen LogP contribution in [0.1, 0.15) is 0 Å². The average molecular weight is 253 g/mol. The Morgan fingerprint density at radius 3 is 2.39 bits per heavy atom. The zero-order chi connectivity index (χ0) is 13.0. The van der Waals surface area contributed by atoms with Crippen molar-refractivity contribution in [1.82, 2.24) is 20.0 Å². The fraction of sp³-hybridized carbons (Fsp3) is 0.700. The lowest BCUT2D eigenvalue weighted by molar-refractivity contribution is 0.0492. The van der Waals surface area contributed by atoms with Crippen molar-refractivity contribution in [3.63, 3.8) is 0 Å². The summed E-state index contributed by atoms with van der Waals surface area (Å²) < 4.78 is 5.29. The van der Waals surface area contributed by atoms with Gasteiger partial charge in [-0.25, -0.2) is 5.01 Å². The van der Waals surface area contributed by atoms with Gasteiger partial charge in [-0.15, -0.1) is 0 Å². The number of rotatable bonds is 4. The van der Waals surface area contributed by atoms with Crippen LogP contribution in [0, 0.1) is 0 Å². The van der Waals surface area contributed by atoms with E-state index in [2.05, 4.69) is 25.7 Å². The molecule has 0 bridgehead atoms. The summed E-state index contributed by atoms with van der Waals surface area (Å²) in [6, 6.07) is 0. The molecule has 0 radical (unpaired) electrons. The van der Waals surface area contributed by atoms with Gasteiger partial charge in [0.15, 0.2) is 0 Å². The first-order chi connectivity index (χ1) is 8.69. The topological polar surface area (TPSA) is 78.4 Å². The summed E-state index contributed by atoms with van der Waals surface area (Å²) in [5.74, 6) is 1.70. The molecule has 0 spiro atoms. The lowest BCUT2D eigenvalue weighted by Crippen LogP contribution is -2.40. The Morgan fingerprint density at radius 2 is 1.78 bits per heavy atom. The molecular weight excluding hydrogens is 234 g/mol. The Balaban J connectivity index is 2.12. The first-order valence-corrected chi connectivity index (χ1v) is 5.89. The third kappa shape index (κ3) is 3.17. The maximum atomic E-state index is 5.29. The Kier molecular flexibility index (Phi) is 4.11. The second-order valence-electron chi connectivity index (χ2n) is 4.14. The molecular formula is C10H19N7O. The molecule has 8 nitrogen and oxygen atoms in total. The monoisotopic (exact) mass is 253 g/mol. The number of hydrogen-bond donors (Lipinski definition) is 2. The molecule has 0 amide bonds. The number of anilines is 3. The molecule has 1 aliphatic rings. The van der Waals surface area contributed by atoms with Crippen LogP contribution in [0.25, 0.3) is 0 Å². The molecule has 1 aliphatic heterocycles. The van der Waals surface area contributed by atoms with E-state index in [1.54, 1.807) is 7.05 Å². The van der Waals surface area contributed by atoms with Crippen LogP contribution in [0.2, 0.25) is 0 Å². The van der Waals surface area contributed by atoms with E-state index in [9.17, 15) is 0 Å². The number of aromatic nitrogens is 3. The van der Waals surface area contributed by atoms with Gasteiger partial charge >= 0.3 is 0 Å². The van der Waals surface area contributed by atoms with Crippen LogP contribution in [0.3, 0.4) is 0 Å². The van der Waals surface area contributed by atoms with Crippen LogP contribution in [0.5, 0.6) is 0 Å². The summed E-state index contributed by atoms with van der Waals surface area (Å²) in [6.45, 7) is 3.07. The molecule has 2 N–H and O–H groups in total. The summed E-state index contributed by atoms with van der Waals surface area (Å²) >= 11 is 0. The van der Waals surface area contributed by atoms with E-state index in [0.717, 1.165) is 26.3 Å². The van der Waals surface area contributed by atoms with Crippen LogP contribution < -0.4 is 15.6 Å². The summed E-state index contributed by atoms with van der Waals surface area (Å²) in [5.41, 5.74) is 3.18. The smallest absolute Gasteiger partial charge is 0.244 e. The highest BCUT2D eigenvalue weighted by Gasteiger charge is 2.13. The number of nitrogens with zero attached hydrogens (tertiary/aromatic N) is 5. The largest absolute Gasteiger partial charge is 0.379 e. The van der Waals surface area contributed by atoms with E-state index in [1.807, 2.05) is 24.0 Å². The number of nitrogens with one attached hydrogen (secondary N) is 2. The highest BCUT2D eigenvalue weighted by molar-refractivity contribution is 5.42. The van der Waals surface area contributed by atoms with Crippen LogP contribution >= 0.6 is 0 Å². The SMILES string of the molecule is CNc1nc(NN2CCOCC2)nc(N(C)C)n1. The van der Waals surface area contributed by atoms with Gasteiger partial charge in [0.25, 0.3) is 0 Å². The van der Waals surface area contributed by atoms with Gasteiger partial charge in [-0.3, -0.25) is 5.43 Å². The summed E-state index contributed by atoms with van der Waals surface area (Å²) in [5, 5.41) is 4.97. The molecule has 0 atom stereocenters. The minimum absolute atomic E-state index is 0.542. The van der Waals surface area contributed by atoms with Gasteiger partial charge in [-0.05, 0) is 0 Å². The Bertz CT molecular complexity index is 392. The molecule has 1 aromatic rings. The molecule has 1 saturated heterocycles. The molecule has 100 valence electrons. The van der Waals surface area contributed by atoms with E-state index < -0.39 is 0 Å². The average Bonchev–Trinajstić information content (AvgIpc) is 2.39. The standard InChI is InChI=1S/C10H19N7O/c1-11-8-12-9(14-10(13-8)16(2)3)15-17-4-6-18-7-5-17/h4-7H2,1-3H3,(H2,11,12,13,14,15). The minimum Gasteiger partial charge on any atom is -0.379 e. The van der Waals surface area contributed by atoms with Crippen molar-refractivity contribution in [3.05, 3.63) is 0 Å². The van der Waals surface area contributed by atoms with Gasteiger partial charge in [0.05, 0.1) is 13.2 Å². The molecule has 0 unspecified atom stereocenters. The van der Waals surface area contributed by atoms with E-state index in [1.165, 1.54) is 0 Å². The van der Waals surface area contributed by atoms with Crippen molar-refractivity contribution in [2.75, 3.05) is 63.1 Å². The van der Waals surface area contributed by atoms with Crippen molar-refractivity contribution in [2.24, 2.45) is 0 Å². The Hall–Kier alpha value is -1.67. The van der Waals surface area contributed by atoms with Crippen LogP contribution in [-0.2, 0) is 4.74 Å². The van der Waals surface area contributed by atoms with Gasteiger partial charge in [0.2, 0.25) is 17.8 Å². The molecule has 1 aromatic heterocycles. The predicted octanol–water partition coefficient (Wildman–Crippen LogP) is -0.362. The van der Waals surface area contributed by atoms with Crippen molar-refractivity contribution in [2.45, 2.75) is 0 Å². The normalized spacial score (nSPS) is 16.4. The third-order valence-corrected chi connectivity index (χ3v) is 2.52. The number of ether oxygens (including phenoxy) is 1. The van der Waals surface area contributed by atoms with E-state index in [-0.39, 0.29) is 0 Å². The van der Waals surface area contributed by atoms with Crippen LogP contribution in [-0.4, -0.2) is 67.4 Å². The molecule has 0 saturated carbocycles. The maximum absolute atomic E-state index is 5.29. The number of hydrogen-bond acceptors (Lipinski definition) is 8. The van der Waals surface area contributed by atoms with E-state index in [0.29, 0.717) is 17.8 Å². The first kappa shape index (κ1) is 12.8. The predicted molar refractivity (Wildman–Crippen MR) is 69.7 cm³/mol. The molecule has 2 heterocycles. The van der Waals surface area contributed by atoms with Crippen molar-refractivity contribution < 1.29 is 4.74 Å². The van der Waals surface area contributed by atoms with Gasteiger partial charge in [0, 0.05) is 34.2 Å². The van der Waals surface area contributed by atoms with Crippen LogP contribution in [0.4, 0.5) is 17.8 Å². The Labute approximate surface area is 106 Å². The lowest BCUT2D eigenvalue weighted by Gasteiger charge is -2.27. The number of morpholine rings is 1. The van der Waals surface area contributed by atoms with Crippen molar-refractivity contribution >= 4 is 17.8 Å². The minimum atomic E-state index is 0.542. The summed E-state index contributed by atoms with van der Waals surface area (Å²) in [4.78, 5) is 14.7. The van der Waals surface area contributed by atoms with Gasteiger partial charge in [-0.2, -0.15) is 15.0 Å². The third-order valence-electron chi connectivity index (χ3n) is 2.52. The molecule has 2 rings (SSSR count). The zero-order valence-corrected chi connectivity index (χ0v) is 11.0. The second kappa shape index (κ2) is 5.78. The van der Waals surface area contributed by atoms with E-state index >= 15 is 0 Å². The second-order valence-corrected chi connectivity index (χ2v) is 4.14. The summed E-state index contributed by atoms with van der Waals surface area (Å²) in [7, 11) is 5.58. The number of hydrazine groups is 1. The Morgan fingerprint density at radius 1 is 1.11 bits per heavy atom. The van der Waals surface area contributed by atoms with Crippen molar-refractivity contribution in [3.8, 4) is 0 Å². The molecule has 18 heavy (non-hydrogen) atoms. The lowest BCUT2D eigenvalue weighted by atomic mass is 10.5. The van der Waals surface area contributed by atoms with Crippen molar-refractivity contribution in [1.29, 1.82) is 0 Å². The molecule has 8 heteroatoms. The zero-order valence-electron chi connectivity index (χ0n) is 11.0. The summed E-state index contributed by atoms with van der Waals surface area (Å²) in [6.07, 6.45) is 0. The van der Waals surface area contributed by atoms with Gasteiger partial charge in [0.1, 0.15) is 0 Å². The fourth-order valence-corrected chi connectivity index (χ4v) is 1.54. The fourth-order valence-electron chi connectivity index (χ4n) is 1.54. The quantitative estimate of drug-likeness (QED) is 0.753. The highest BCUT2D eigenvalue weighted by atomic mass is 16.5. The molecule has 0 aromatic carbocycles. The van der Waals surface area contributed by atoms with Gasteiger partial charge in [-0.1, -0.05) is 0 Å². The van der Waals surface area contributed by atoms with Gasteiger partial charge < -0.3 is 15.0 Å². The maximum Gasteiger partial charge on any atom is 0.244 e. The molecule has 1 fully saturated rings. The first-order valence-electron chi connectivity index (χ1n) is 5.89. The van der Waals surface area contributed by atoms with E-state index in [4.69, 9.17) is 4.74 Å². The van der Waals surface area contributed by atoms with Crippen LogP contribution in [0.15, 0.2) is 0 Å². The molecule has 0 aliphatic carbocycles.